The molecule has 0 aromatic rings. The van der Waals surface area contributed by atoms with Gasteiger partial charge in [0, 0.05) is 61.0 Å². The van der Waals surface area contributed by atoms with E-state index >= 15 is 0 Å². The lowest BCUT2D eigenvalue weighted by atomic mass is 9.43. The molecule has 4 aliphatic carbocycles. The molecule has 6 atom stereocenters. The number of carboxylic acid groups (broad SMARTS) is 1. The van der Waals surface area contributed by atoms with Crippen LogP contribution in [0.15, 0.2) is 22.3 Å². The van der Waals surface area contributed by atoms with Crippen LogP contribution in [0.5, 0.6) is 0 Å². The van der Waals surface area contributed by atoms with Gasteiger partial charge in [-0.1, -0.05) is 45.8 Å². The normalized spacial score (nSPS) is 36.3. The first-order chi connectivity index (χ1) is 18.8. The molecule has 2 saturated carbocycles. The standard InChI is InChI=1S/C32H40O9/c1-15(11-18(34)12-16(2)28(39)40)19-13-23(37)32(8)24-20(35)14-21-29(4,5)22(36)9-10-30(21,6)25(24)26(38)27(31(19,32)7)41-17(3)33/h16,21,27H,9-14H2,1-8H3,(H,39,40)/b19-15-/t16-,21+,27-,30+,31+,32+/m1/s1. The third kappa shape index (κ3) is 4.13. The first kappa shape index (κ1) is 30.7. The highest BCUT2D eigenvalue weighted by atomic mass is 16.5. The second kappa shape index (κ2) is 9.66. The van der Waals surface area contributed by atoms with Crippen molar-refractivity contribution in [1.82, 2.24) is 0 Å². The number of carbonyl (C=O) groups is 7. The van der Waals surface area contributed by atoms with Gasteiger partial charge in [0.25, 0.3) is 0 Å². The van der Waals surface area contributed by atoms with Crippen molar-refractivity contribution in [1.29, 1.82) is 0 Å². The van der Waals surface area contributed by atoms with Gasteiger partial charge in [0.2, 0.25) is 5.78 Å². The zero-order chi connectivity index (χ0) is 31.0. The molecule has 4 aliphatic rings. The first-order valence-electron chi connectivity index (χ1n) is 14.3. The molecule has 9 heteroatoms. The predicted molar refractivity (Wildman–Crippen MR) is 146 cm³/mol. The van der Waals surface area contributed by atoms with Crippen LogP contribution in [0.2, 0.25) is 0 Å². The summed E-state index contributed by atoms with van der Waals surface area (Å²) in [6.07, 6.45) is -1.32. The van der Waals surface area contributed by atoms with Gasteiger partial charge < -0.3 is 9.84 Å². The van der Waals surface area contributed by atoms with Crippen LogP contribution in [0, 0.1) is 33.5 Å². The number of Topliss-reactive ketones (excluding diaryl/α,β-unsaturated/α-hetero) is 5. The number of allylic oxidation sites excluding steroid dienone is 2. The largest absolute Gasteiger partial charge is 0.481 e. The molecule has 1 N–H and O–H groups in total. The SMILES string of the molecule is CC(=O)O[C@@H]1C(=O)C2=C(C(=O)C[C@H]3C(C)(C)C(=O)CC[C@]23C)[C@]2(C)C(=O)C/C(=C(\C)CC(=O)C[C@@H](C)C(=O)O)[C@@]12C. The number of carbonyl (C=O) groups excluding carboxylic acids is 6. The van der Waals surface area contributed by atoms with Crippen molar-refractivity contribution in [3.05, 3.63) is 22.3 Å². The van der Waals surface area contributed by atoms with Gasteiger partial charge in [0.15, 0.2) is 11.9 Å². The van der Waals surface area contributed by atoms with Crippen molar-refractivity contribution in [3.63, 3.8) is 0 Å². The fraction of sp³-hybridized carbons (Fsp3) is 0.656. The third-order valence-electron chi connectivity index (χ3n) is 11.0. The number of esters is 1. The van der Waals surface area contributed by atoms with Gasteiger partial charge in [0.1, 0.15) is 17.3 Å². The van der Waals surface area contributed by atoms with Crippen LogP contribution in [0.3, 0.4) is 0 Å². The molecular weight excluding hydrogens is 528 g/mol. The number of carboxylic acids is 1. The van der Waals surface area contributed by atoms with Crippen LogP contribution < -0.4 is 0 Å². The molecular formula is C32H40O9. The van der Waals surface area contributed by atoms with Crippen LogP contribution in [0.1, 0.15) is 93.9 Å². The molecule has 0 spiro atoms. The van der Waals surface area contributed by atoms with E-state index in [1.165, 1.54) is 13.8 Å². The molecule has 0 aromatic heterocycles. The molecule has 41 heavy (non-hydrogen) atoms. The van der Waals surface area contributed by atoms with Crippen LogP contribution in [0.25, 0.3) is 0 Å². The highest BCUT2D eigenvalue weighted by Gasteiger charge is 2.73. The van der Waals surface area contributed by atoms with E-state index in [1.54, 1.807) is 34.6 Å². The number of hydrogen-bond acceptors (Lipinski definition) is 8. The summed E-state index contributed by atoms with van der Waals surface area (Å²) in [6.45, 7) is 13.1. The lowest BCUT2D eigenvalue weighted by Gasteiger charge is -2.59. The summed E-state index contributed by atoms with van der Waals surface area (Å²) < 4.78 is 5.75. The molecule has 0 amide bonds. The van der Waals surface area contributed by atoms with E-state index in [1.807, 2.05) is 6.92 Å². The molecule has 2 fully saturated rings. The smallest absolute Gasteiger partial charge is 0.306 e. The molecule has 0 saturated heterocycles. The zero-order valence-corrected chi connectivity index (χ0v) is 25.2. The minimum atomic E-state index is -1.51. The second-order valence-corrected chi connectivity index (χ2v) is 13.7. The molecule has 9 nitrogen and oxygen atoms in total. The molecule has 0 aliphatic heterocycles. The average molecular weight is 569 g/mol. The Balaban J connectivity index is 1.96. The number of ketones is 5. The third-order valence-corrected chi connectivity index (χ3v) is 11.0. The van der Waals surface area contributed by atoms with E-state index in [0.717, 1.165) is 0 Å². The zero-order valence-electron chi connectivity index (χ0n) is 25.2. The van der Waals surface area contributed by atoms with Crippen molar-refractivity contribution >= 4 is 40.9 Å². The summed E-state index contributed by atoms with van der Waals surface area (Å²) in [6, 6.07) is 0. The van der Waals surface area contributed by atoms with E-state index in [4.69, 9.17) is 4.74 Å². The van der Waals surface area contributed by atoms with Gasteiger partial charge >= 0.3 is 11.9 Å². The molecule has 0 unspecified atom stereocenters. The van der Waals surface area contributed by atoms with Gasteiger partial charge in [-0.3, -0.25) is 33.6 Å². The van der Waals surface area contributed by atoms with Crippen LogP contribution in [-0.4, -0.2) is 52.1 Å². The second-order valence-electron chi connectivity index (χ2n) is 13.7. The lowest BCUT2D eigenvalue weighted by molar-refractivity contribution is -0.167. The Morgan fingerprint density at radius 3 is 2.15 bits per heavy atom. The molecule has 0 aromatic carbocycles. The summed E-state index contributed by atoms with van der Waals surface area (Å²) in [5.74, 6) is -4.67. The maximum atomic E-state index is 14.6. The van der Waals surface area contributed by atoms with Crippen molar-refractivity contribution in [3.8, 4) is 0 Å². The minimum absolute atomic E-state index is 0.0160. The fourth-order valence-electron chi connectivity index (χ4n) is 8.45. The first-order valence-corrected chi connectivity index (χ1v) is 14.3. The number of fused-ring (bicyclic) bond motifs is 4. The Morgan fingerprint density at radius 1 is 0.976 bits per heavy atom. The van der Waals surface area contributed by atoms with E-state index < -0.39 is 57.3 Å². The van der Waals surface area contributed by atoms with Crippen molar-refractivity contribution in [2.75, 3.05) is 0 Å². The van der Waals surface area contributed by atoms with Gasteiger partial charge in [-0.25, -0.2) is 0 Å². The monoisotopic (exact) mass is 568 g/mol. The highest BCUT2D eigenvalue weighted by Crippen LogP contribution is 2.69. The molecule has 222 valence electrons. The Labute approximate surface area is 240 Å². The van der Waals surface area contributed by atoms with Gasteiger partial charge in [0.05, 0.1) is 16.7 Å². The Bertz CT molecular complexity index is 1380. The summed E-state index contributed by atoms with van der Waals surface area (Å²) in [4.78, 5) is 92.2. The maximum absolute atomic E-state index is 14.6. The number of rotatable bonds is 6. The van der Waals surface area contributed by atoms with E-state index in [-0.39, 0.29) is 66.4 Å². The summed E-state index contributed by atoms with van der Waals surface area (Å²) in [5.41, 5.74) is -3.39. The van der Waals surface area contributed by atoms with Gasteiger partial charge in [-0.05, 0) is 26.2 Å². The molecule has 0 heterocycles. The van der Waals surface area contributed by atoms with Crippen LogP contribution >= 0.6 is 0 Å². The fourth-order valence-corrected chi connectivity index (χ4v) is 8.45. The average Bonchev–Trinajstić information content (AvgIpc) is 3.07. The minimum Gasteiger partial charge on any atom is -0.481 e. The quantitative estimate of drug-likeness (QED) is 0.368. The van der Waals surface area contributed by atoms with E-state index in [2.05, 4.69) is 0 Å². The number of hydrogen-bond donors (Lipinski definition) is 1. The van der Waals surface area contributed by atoms with Crippen molar-refractivity contribution < 1.29 is 43.4 Å². The summed E-state index contributed by atoms with van der Waals surface area (Å²) >= 11 is 0. The summed E-state index contributed by atoms with van der Waals surface area (Å²) in [5, 5.41) is 9.22. The highest BCUT2D eigenvalue weighted by molar-refractivity contribution is 6.19. The Hall–Kier alpha value is -3.23. The number of aliphatic carboxylic acids is 1. The van der Waals surface area contributed by atoms with E-state index in [0.29, 0.717) is 17.6 Å². The lowest BCUT2D eigenvalue weighted by Crippen LogP contribution is -2.63. The maximum Gasteiger partial charge on any atom is 0.306 e. The van der Waals surface area contributed by atoms with E-state index in [9.17, 15) is 38.7 Å². The Morgan fingerprint density at radius 2 is 1.59 bits per heavy atom. The topological polar surface area (TPSA) is 149 Å². The molecule has 0 radical (unpaired) electrons. The number of ether oxygens (including phenoxy) is 1. The summed E-state index contributed by atoms with van der Waals surface area (Å²) in [7, 11) is 0. The Kier molecular flexibility index (Phi) is 7.24. The van der Waals surface area contributed by atoms with Crippen molar-refractivity contribution in [2.24, 2.45) is 33.5 Å². The molecule has 4 rings (SSSR count). The molecule has 0 bridgehead atoms. The van der Waals surface area contributed by atoms with Gasteiger partial charge in [-0.15, -0.1) is 0 Å². The van der Waals surface area contributed by atoms with Crippen LogP contribution in [-0.2, 0) is 38.3 Å². The predicted octanol–water partition coefficient (Wildman–Crippen LogP) is 4.15. The van der Waals surface area contributed by atoms with Gasteiger partial charge in [-0.2, -0.15) is 0 Å². The van der Waals surface area contributed by atoms with Crippen LogP contribution in [0.4, 0.5) is 0 Å². The van der Waals surface area contributed by atoms with Crippen molar-refractivity contribution in [2.45, 2.75) is 100 Å².